The predicted octanol–water partition coefficient (Wildman–Crippen LogP) is 5.82. The number of halogens is 4. The molecule has 2 amide bonds. The number of piperidine rings is 1. The molecule has 1 aliphatic rings. The number of amides is 2. The molecule has 188 valence electrons. The third-order valence-electron chi connectivity index (χ3n) is 6.04. The number of alkyl halides is 3. The van der Waals surface area contributed by atoms with Crippen LogP contribution in [-0.2, 0) is 12.7 Å². The molecule has 36 heavy (non-hydrogen) atoms. The molecule has 0 saturated carbocycles. The summed E-state index contributed by atoms with van der Waals surface area (Å²) in [6.45, 7) is 2.49. The molecule has 0 spiro atoms. The number of likely N-dealkylation sites (tertiary alicyclic amines) is 1. The van der Waals surface area contributed by atoms with Gasteiger partial charge in [-0.3, -0.25) is 24.4 Å². The highest BCUT2D eigenvalue weighted by molar-refractivity contribution is 6.35. The summed E-state index contributed by atoms with van der Waals surface area (Å²) in [7, 11) is 0. The smallest absolute Gasteiger partial charge is 0.366 e. The molecule has 2 aromatic carbocycles. The van der Waals surface area contributed by atoms with E-state index in [0.717, 1.165) is 48.5 Å². The number of anilines is 2. The fourth-order valence-electron chi connectivity index (χ4n) is 4.34. The van der Waals surface area contributed by atoms with E-state index in [1.807, 2.05) is 0 Å². The molecule has 10 heteroatoms. The van der Waals surface area contributed by atoms with Crippen LogP contribution in [0.15, 0.2) is 60.9 Å². The van der Waals surface area contributed by atoms with E-state index < -0.39 is 28.6 Å². The topological polar surface area (TPSA) is 79.5 Å². The van der Waals surface area contributed by atoms with E-state index in [9.17, 15) is 22.8 Å². The second kappa shape index (κ2) is 10.7. The van der Waals surface area contributed by atoms with E-state index in [1.54, 1.807) is 24.4 Å². The first-order valence-electron chi connectivity index (χ1n) is 11.4. The highest BCUT2D eigenvalue weighted by atomic mass is 35.5. The van der Waals surface area contributed by atoms with Crippen molar-refractivity contribution in [1.29, 1.82) is 0 Å². The van der Waals surface area contributed by atoms with Crippen molar-refractivity contribution in [2.75, 3.05) is 18.0 Å². The van der Waals surface area contributed by atoms with Crippen molar-refractivity contribution in [2.24, 2.45) is 5.73 Å². The molecule has 1 aliphatic heterocycles. The van der Waals surface area contributed by atoms with Gasteiger partial charge >= 0.3 is 6.18 Å². The fourth-order valence-corrected chi connectivity index (χ4v) is 4.65. The minimum absolute atomic E-state index is 0.0235. The fraction of sp³-hybridized carbons (Fsp3) is 0.269. The molecule has 0 radical (unpaired) electrons. The third-order valence-corrected chi connectivity index (χ3v) is 6.45. The van der Waals surface area contributed by atoms with E-state index in [4.69, 9.17) is 17.3 Å². The number of nitrogens with two attached hydrogens (primary N) is 1. The van der Waals surface area contributed by atoms with Crippen LogP contribution < -0.4 is 10.6 Å². The zero-order valence-corrected chi connectivity index (χ0v) is 20.0. The molecule has 6 nitrogen and oxygen atoms in total. The van der Waals surface area contributed by atoms with Gasteiger partial charge in [0.25, 0.3) is 11.8 Å². The molecule has 0 unspecified atom stereocenters. The zero-order chi connectivity index (χ0) is 25.9. The molecule has 0 bridgehead atoms. The van der Waals surface area contributed by atoms with Crippen LogP contribution in [0, 0.1) is 0 Å². The summed E-state index contributed by atoms with van der Waals surface area (Å²) in [6, 6.07) is 11.0. The minimum atomic E-state index is -4.75. The second-order valence-electron chi connectivity index (χ2n) is 8.58. The number of nitrogens with zero attached hydrogens (tertiary/aromatic N) is 3. The molecule has 0 aliphatic carbocycles. The van der Waals surface area contributed by atoms with Crippen LogP contribution in [0.2, 0.25) is 5.02 Å². The third kappa shape index (κ3) is 5.52. The zero-order valence-electron chi connectivity index (χ0n) is 19.3. The molecule has 1 fully saturated rings. The van der Waals surface area contributed by atoms with Gasteiger partial charge in [0.2, 0.25) is 0 Å². The van der Waals surface area contributed by atoms with Crippen molar-refractivity contribution in [3.05, 3.63) is 88.2 Å². The lowest BCUT2D eigenvalue weighted by atomic mass is 10.1. The number of primary amides is 1. The van der Waals surface area contributed by atoms with Crippen molar-refractivity contribution in [1.82, 2.24) is 9.88 Å². The summed E-state index contributed by atoms with van der Waals surface area (Å²) < 4.78 is 40.5. The van der Waals surface area contributed by atoms with E-state index >= 15 is 0 Å². The molecule has 1 aromatic heterocycles. The maximum absolute atomic E-state index is 13.8. The van der Waals surface area contributed by atoms with E-state index in [-0.39, 0.29) is 22.5 Å². The highest BCUT2D eigenvalue weighted by Gasteiger charge is 2.36. The van der Waals surface area contributed by atoms with Gasteiger partial charge in [-0.15, -0.1) is 0 Å². The van der Waals surface area contributed by atoms with Crippen LogP contribution in [-0.4, -0.2) is 34.8 Å². The Kier molecular flexibility index (Phi) is 7.61. The Morgan fingerprint density at radius 3 is 2.39 bits per heavy atom. The molecule has 4 rings (SSSR count). The van der Waals surface area contributed by atoms with Crippen molar-refractivity contribution in [3.63, 3.8) is 0 Å². The van der Waals surface area contributed by atoms with Gasteiger partial charge < -0.3 is 5.73 Å². The molecule has 3 aromatic rings. The summed E-state index contributed by atoms with van der Waals surface area (Å²) >= 11 is 6.09. The Hall–Kier alpha value is -3.43. The molecule has 0 atom stereocenters. The number of carbonyl (C=O) groups is 2. The van der Waals surface area contributed by atoms with Gasteiger partial charge in [0, 0.05) is 12.7 Å². The van der Waals surface area contributed by atoms with Gasteiger partial charge in [0.05, 0.1) is 39.3 Å². The standard InChI is InChI=1S/C26H24ClF3N4O2/c27-23-20(8-6-9-21(23)26(28,29)30)25(36)34(22-10-3-2-7-19(22)24(31)35)18-13-17(14-32-15-18)16-33-11-4-1-5-12-33/h2-3,6-10,13-15H,1,4-5,11-12,16H2,(H2,31,35). The first kappa shape index (κ1) is 25.7. The van der Waals surface area contributed by atoms with Crippen molar-refractivity contribution >= 4 is 34.8 Å². The Morgan fingerprint density at radius 2 is 1.69 bits per heavy atom. The Labute approximate surface area is 211 Å². The lowest BCUT2D eigenvalue weighted by Crippen LogP contribution is -2.30. The lowest BCUT2D eigenvalue weighted by Gasteiger charge is -2.28. The van der Waals surface area contributed by atoms with Crippen LogP contribution >= 0.6 is 11.6 Å². The van der Waals surface area contributed by atoms with Gasteiger partial charge in [-0.2, -0.15) is 13.2 Å². The van der Waals surface area contributed by atoms with Gasteiger partial charge in [-0.05, 0) is 61.8 Å². The van der Waals surface area contributed by atoms with Crippen molar-refractivity contribution in [3.8, 4) is 0 Å². The van der Waals surface area contributed by atoms with Gasteiger partial charge in [0.15, 0.2) is 0 Å². The monoisotopic (exact) mass is 516 g/mol. The molecule has 2 heterocycles. The van der Waals surface area contributed by atoms with Gasteiger partial charge in [0.1, 0.15) is 0 Å². The summed E-state index contributed by atoms with van der Waals surface area (Å²) in [5.41, 5.74) is 5.29. The van der Waals surface area contributed by atoms with Gasteiger partial charge in [-0.25, -0.2) is 0 Å². The first-order chi connectivity index (χ1) is 17.2. The number of hydrogen-bond acceptors (Lipinski definition) is 4. The number of carbonyl (C=O) groups excluding carboxylic acids is 2. The van der Waals surface area contributed by atoms with Crippen LogP contribution in [0.4, 0.5) is 24.5 Å². The molecular formula is C26H24ClF3N4O2. The Balaban J connectivity index is 1.82. The maximum Gasteiger partial charge on any atom is 0.417 e. The van der Waals surface area contributed by atoms with Crippen LogP contribution in [0.3, 0.4) is 0 Å². The van der Waals surface area contributed by atoms with E-state index in [1.165, 1.54) is 30.8 Å². The molecule has 2 N–H and O–H groups in total. The predicted molar refractivity (Wildman–Crippen MR) is 131 cm³/mol. The summed E-state index contributed by atoms with van der Waals surface area (Å²) in [4.78, 5) is 33.7. The van der Waals surface area contributed by atoms with Crippen molar-refractivity contribution < 1.29 is 22.8 Å². The van der Waals surface area contributed by atoms with Crippen LogP contribution in [0.1, 0.15) is 51.1 Å². The molecule has 1 saturated heterocycles. The average Bonchev–Trinajstić information content (AvgIpc) is 2.84. The van der Waals surface area contributed by atoms with E-state index in [2.05, 4.69) is 9.88 Å². The summed E-state index contributed by atoms with van der Waals surface area (Å²) in [6.07, 6.45) is 1.71. The molecular weight excluding hydrogens is 493 g/mol. The van der Waals surface area contributed by atoms with Crippen LogP contribution in [0.5, 0.6) is 0 Å². The minimum Gasteiger partial charge on any atom is -0.366 e. The lowest BCUT2D eigenvalue weighted by molar-refractivity contribution is -0.137. The van der Waals surface area contributed by atoms with Gasteiger partial charge in [-0.1, -0.05) is 36.2 Å². The number of benzene rings is 2. The average molecular weight is 517 g/mol. The SMILES string of the molecule is NC(=O)c1ccccc1N(C(=O)c1cccc(C(F)(F)F)c1Cl)c1cncc(CN2CCCCC2)c1. The Bertz CT molecular complexity index is 1280. The Morgan fingerprint density at radius 1 is 1.00 bits per heavy atom. The second-order valence-corrected chi connectivity index (χ2v) is 8.95. The quantitative estimate of drug-likeness (QED) is 0.448. The first-order valence-corrected chi connectivity index (χ1v) is 11.8. The number of rotatable bonds is 6. The number of pyridine rings is 1. The highest BCUT2D eigenvalue weighted by Crippen LogP contribution is 2.38. The maximum atomic E-state index is 13.8. The summed E-state index contributed by atoms with van der Waals surface area (Å²) in [5, 5.41) is -0.728. The van der Waals surface area contributed by atoms with E-state index in [0.29, 0.717) is 6.54 Å². The van der Waals surface area contributed by atoms with Crippen LogP contribution in [0.25, 0.3) is 0 Å². The number of hydrogen-bond donors (Lipinski definition) is 1. The van der Waals surface area contributed by atoms with Crippen molar-refractivity contribution in [2.45, 2.75) is 32.0 Å². The number of aromatic nitrogens is 1. The normalized spacial score (nSPS) is 14.4. The largest absolute Gasteiger partial charge is 0.417 e. The summed E-state index contributed by atoms with van der Waals surface area (Å²) in [5.74, 6) is -1.65. The number of para-hydroxylation sites is 1.